The zero-order valence-corrected chi connectivity index (χ0v) is 10.8. The van der Waals surface area contributed by atoms with Crippen molar-refractivity contribution in [2.24, 2.45) is 0 Å². The normalized spacial score (nSPS) is 8.25. The number of nitrogens with one attached hydrogen (secondary N) is 1. The Hall–Kier alpha value is -1.75. The molecule has 0 aliphatic rings. The number of fused-ring (bicyclic) bond motifs is 1. The third-order valence-corrected chi connectivity index (χ3v) is 1.77. The second kappa shape index (κ2) is 7.53. The number of rotatable bonds is 0. The van der Waals surface area contributed by atoms with E-state index in [1.165, 1.54) is 0 Å². The number of H-pyrrole nitrogens is 1. The van der Waals surface area contributed by atoms with Gasteiger partial charge in [-0.1, -0.05) is 33.6 Å². The molecule has 2 aromatic rings. The van der Waals surface area contributed by atoms with Gasteiger partial charge in [-0.3, -0.25) is 0 Å². The summed E-state index contributed by atoms with van der Waals surface area (Å²) >= 11 is 0. The molecule has 0 amide bonds. The molecule has 1 heterocycles. The molecular weight excluding hydrogens is 196 g/mol. The minimum absolute atomic E-state index is 0.881. The number of benzene rings is 1. The third kappa shape index (κ3) is 3.43. The summed E-state index contributed by atoms with van der Waals surface area (Å²) in [6.45, 7) is 9.93. The molecular formula is C14H20N2. The fourth-order valence-electron chi connectivity index (χ4n) is 1.23. The number of imidazole rings is 1. The van der Waals surface area contributed by atoms with Gasteiger partial charge in [-0.05, 0) is 25.1 Å². The summed E-state index contributed by atoms with van der Waals surface area (Å²) in [7, 11) is 0. The SMILES string of the molecule is C#Cc1ccc2nc(C)[nH]c2c1.CC.CC. The van der Waals surface area contributed by atoms with Crippen molar-refractivity contribution in [1.29, 1.82) is 0 Å². The molecule has 0 saturated carbocycles. The highest BCUT2D eigenvalue weighted by Gasteiger charge is 1.98. The maximum atomic E-state index is 5.26. The second-order valence-corrected chi connectivity index (χ2v) is 2.70. The van der Waals surface area contributed by atoms with Gasteiger partial charge in [0.2, 0.25) is 0 Å². The number of terminal acetylenes is 1. The topological polar surface area (TPSA) is 28.7 Å². The Balaban J connectivity index is 0.000000509. The molecule has 2 heteroatoms. The second-order valence-electron chi connectivity index (χ2n) is 2.70. The van der Waals surface area contributed by atoms with Crippen molar-refractivity contribution in [3.05, 3.63) is 29.6 Å². The number of aromatic amines is 1. The predicted octanol–water partition coefficient (Wildman–Crippen LogP) is 3.91. The Morgan fingerprint density at radius 2 is 1.81 bits per heavy atom. The zero-order valence-electron chi connectivity index (χ0n) is 10.8. The average Bonchev–Trinajstić information content (AvgIpc) is 2.73. The van der Waals surface area contributed by atoms with Crippen LogP contribution in [0, 0.1) is 19.3 Å². The highest BCUT2D eigenvalue weighted by atomic mass is 14.9. The predicted molar refractivity (Wildman–Crippen MR) is 71.5 cm³/mol. The molecule has 2 rings (SSSR count). The van der Waals surface area contributed by atoms with Gasteiger partial charge in [0.1, 0.15) is 5.82 Å². The minimum Gasteiger partial charge on any atom is -0.342 e. The van der Waals surface area contributed by atoms with Crippen molar-refractivity contribution in [3.8, 4) is 12.3 Å². The molecule has 0 fully saturated rings. The Kier molecular flexibility index (Phi) is 6.71. The summed E-state index contributed by atoms with van der Waals surface area (Å²) in [6, 6.07) is 5.74. The van der Waals surface area contributed by atoms with Crippen molar-refractivity contribution >= 4 is 11.0 Å². The van der Waals surface area contributed by atoms with Crippen LogP contribution >= 0.6 is 0 Å². The smallest absolute Gasteiger partial charge is 0.104 e. The van der Waals surface area contributed by atoms with E-state index in [0.717, 1.165) is 22.4 Å². The van der Waals surface area contributed by atoms with Crippen molar-refractivity contribution in [1.82, 2.24) is 9.97 Å². The van der Waals surface area contributed by atoms with Gasteiger partial charge in [0.05, 0.1) is 11.0 Å². The molecule has 86 valence electrons. The molecule has 0 atom stereocenters. The molecule has 16 heavy (non-hydrogen) atoms. The quantitative estimate of drug-likeness (QED) is 0.665. The summed E-state index contributed by atoms with van der Waals surface area (Å²) < 4.78 is 0. The lowest BCUT2D eigenvalue weighted by Crippen LogP contribution is -1.73. The Bertz CT molecular complexity index is 461. The van der Waals surface area contributed by atoms with Gasteiger partial charge >= 0.3 is 0 Å². The Labute approximate surface area is 98.1 Å². The molecule has 1 aromatic heterocycles. The monoisotopic (exact) mass is 216 g/mol. The zero-order chi connectivity index (χ0) is 12.6. The minimum atomic E-state index is 0.881. The first kappa shape index (κ1) is 14.2. The molecule has 0 saturated heterocycles. The molecule has 0 unspecified atom stereocenters. The van der Waals surface area contributed by atoms with E-state index in [1.54, 1.807) is 0 Å². The van der Waals surface area contributed by atoms with Gasteiger partial charge in [0.15, 0.2) is 0 Å². The number of hydrogen-bond acceptors (Lipinski definition) is 1. The number of hydrogen-bond donors (Lipinski definition) is 1. The first-order chi connectivity index (χ1) is 7.79. The van der Waals surface area contributed by atoms with Crippen LogP contribution in [0.1, 0.15) is 39.1 Å². The Morgan fingerprint density at radius 3 is 2.38 bits per heavy atom. The van der Waals surface area contributed by atoms with Gasteiger partial charge in [-0.15, -0.1) is 6.42 Å². The lowest BCUT2D eigenvalue weighted by Gasteiger charge is -1.88. The van der Waals surface area contributed by atoms with E-state index >= 15 is 0 Å². The largest absolute Gasteiger partial charge is 0.342 e. The number of nitrogens with zero attached hydrogens (tertiary/aromatic N) is 1. The van der Waals surface area contributed by atoms with Crippen LogP contribution in [0.25, 0.3) is 11.0 Å². The fraction of sp³-hybridized carbons (Fsp3) is 0.357. The maximum absolute atomic E-state index is 5.26. The summed E-state index contributed by atoms with van der Waals surface area (Å²) in [5.74, 6) is 3.50. The first-order valence-corrected chi connectivity index (χ1v) is 5.72. The standard InChI is InChI=1S/C10H8N2.2C2H6/c1-3-8-4-5-9-10(6-8)12-7(2)11-9;2*1-2/h1,4-6H,2H3,(H,11,12);2*1-2H3. The van der Waals surface area contributed by atoms with E-state index < -0.39 is 0 Å². The van der Waals surface area contributed by atoms with Crippen LogP contribution in [0.15, 0.2) is 18.2 Å². The summed E-state index contributed by atoms with van der Waals surface area (Å²) in [6.07, 6.45) is 5.26. The van der Waals surface area contributed by atoms with E-state index in [9.17, 15) is 0 Å². The van der Waals surface area contributed by atoms with Crippen LogP contribution in [-0.4, -0.2) is 9.97 Å². The van der Waals surface area contributed by atoms with Gasteiger partial charge < -0.3 is 4.98 Å². The van der Waals surface area contributed by atoms with Gasteiger partial charge in [0, 0.05) is 5.56 Å². The van der Waals surface area contributed by atoms with Crippen molar-refractivity contribution in [3.63, 3.8) is 0 Å². The van der Waals surface area contributed by atoms with Crippen LogP contribution in [0.2, 0.25) is 0 Å². The summed E-state index contributed by atoms with van der Waals surface area (Å²) in [5, 5.41) is 0. The van der Waals surface area contributed by atoms with Crippen molar-refractivity contribution in [2.45, 2.75) is 34.6 Å². The van der Waals surface area contributed by atoms with Crippen molar-refractivity contribution < 1.29 is 0 Å². The molecule has 0 bridgehead atoms. The molecule has 0 spiro atoms. The summed E-state index contributed by atoms with van der Waals surface area (Å²) in [5.41, 5.74) is 2.85. The van der Waals surface area contributed by atoms with Gasteiger partial charge in [0.25, 0.3) is 0 Å². The number of aryl methyl sites for hydroxylation is 1. The van der Waals surface area contributed by atoms with Crippen LogP contribution in [0.3, 0.4) is 0 Å². The lowest BCUT2D eigenvalue weighted by atomic mass is 10.2. The van der Waals surface area contributed by atoms with Crippen molar-refractivity contribution in [2.75, 3.05) is 0 Å². The molecule has 0 radical (unpaired) electrons. The number of aromatic nitrogens is 2. The molecule has 1 aromatic carbocycles. The molecule has 2 nitrogen and oxygen atoms in total. The molecule has 0 aliphatic carbocycles. The fourth-order valence-corrected chi connectivity index (χ4v) is 1.23. The average molecular weight is 216 g/mol. The molecule has 0 aliphatic heterocycles. The van der Waals surface area contributed by atoms with Crippen LogP contribution in [-0.2, 0) is 0 Å². The van der Waals surface area contributed by atoms with E-state index in [4.69, 9.17) is 6.42 Å². The van der Waals surface area contributed by atoms with E-state index in [-0.39, 0.29) is 0 Å². The molecule has 1 N–H and O–H groups in total. The highest BCUT2D eigenvalue weighted by molar-refractivity contribution is 5.76. The van der Waals surface area contributed by atoms with Crippen LogP contribution < -0.4 is 0 Å². The van der Waals surface area contributed by atoms with E-state index in [0.29, 0.717) is 0 Å². The maximum Gasteiger partial charge on any atom is 0.104 e. The van der Waals surface area contributed by atoms with E-state index in [2.05, 4.69) is 15.9 Å². The third-order valence-electron chi connectivity index (χ3n) is 1.77. The summed E-state index contributed by atoms with van der Waals surface area (Å²) in [4.78, 5) is 7.39. The lowest BCUT2D eigenvalue weighted by molar-refractivity contribution is 1.17. The van der Waals surface area contributed by atoms with Gasteiger partial charge in [-0.25, -0.2) is 4.98 Å². The highest BCUT2D eigenvalue weighted by Crippen LogP contribution is 2.12. The van der Waals surface area contributed by atoms with Crippen LogP contribution in [0.5, 0.6) is 0 Å². The van der Waals surface area contributed by atoms with Gasteiger partial charge in [-0.2, -0.15) is 0 Å². The Morgan fingerprint density at radius 1 is 1.19 bits per heavy atom. The van der Waals surface area contributed by atoms with Crippen LogP contribution in [0.4, 0.5) is 0 Å². The van der Waals surface area contributed by atoms with E-state index in [1.807, 2.05) is 52.8 Å². The first-order valence-electron chi connectivity index (χ1n) is 5.72.